The highest BCUT2D eigenvalue weighted by atomic mass is 32.1. The molecule has 7 heteroatoms. The number of anilines is 2. The maximum Gasteiger partial charge on any atom is 0.300 e. The van der Waals surface area contributed by atoms with Crippen LogP contribution >= 0.6 is 11.3 Å². The Bertz CT molecular complexity index is 1240. The molecule has 0 radical (unpaired) electrons. The lowest BCUT2D eigenvalue weighted by molar-refractivity contribution is -0.132. The first-order valence-electron chi connectivity index (χ1n) is 11.0. The highest BCUT2D eigenvalue weighted by Gasteiger charge is 2.47. The van der Waals surface area contributed by atoms with E-state index >= 15 is 0 Å². The zero-order chi connectivity index (χ0) is 24.6. The van der Waals surface area contributed by atoms with Gasteiger partial charge in [-0.05, 0) is 65.4 Å². The number of amides is 1. The molecule has 3 aromatic rings. The van der Waals surface area contributed by atoms with Crippen LogP contribution in [0.5, 0.6) is 5.75 Å². The van der Waals surface area contributed by atoms with Gasteiger partial charge in [-0.1, -0.05) is 19.9 Å². The summed E-state index contributed by atoms with van der Waals surface area (Å²) in [7, 11) is 5.48. The SMILES string of the molecule is COc1ccc(/C(O)=C2/C(=O)C(=O)N(c3ccc(N(C)C)cc3)C2c2cccs2)cc1C(C)C. The standard InChI is InChI=1S/C27H28N2O4S/c1-16(2)20-15-17(8-13-21(20)33-5)25(30)23-24(22-7-6-14-34-22)29(27(32)26(23)31)19-11-9-18(10-12-19)28(3)4/h6-16,24,30H,1-5H3/b25-23-. The van der Waals surface area contributed by atoms with E-state index in [1.165, 1.54) is 16.2 Å². The van der Waals surface area contributed by atoms with Gasteiger partial charge in [0.2, 0.25) is 0 Å². The van der Waals surface area contributed by atoms with E-state index in [-0.39, 0.29) is 17.3 Å². The van der Waals surface area contributed by atoms with Gasteiger partial charge in [0.15, 0.2) is 0 Å². The first-order chi connectivity index (χ1) is 16.2. The van der Waals surface area contributed by atoms with Gasteiger partial charge in [0.05, 0.1) is 12.7 Å². The molecule has 34 heavy (non-hydrogen) atoms. The van der Waals surface area contributed by atoms with Gasteiger partial charge in [-0.2, -0.15) is 0 Å². The van der Waals surface area contributed by atoms with Crippen LogP contribution in [0.15, 0.2) is 65.6 Å². The number of benzene rings is 2. The first kappa shape index (κ1) is 23.6. The zero-order valence-electron chi connectivity index (χ0n) is 19.9. The largest absolute Gasteiger partial charge is 0.507 e. The Morgan fingerprint density at radius 3 is 2.35 bits per heavy atom. The highest BCUT2D eigenvalue weighted by Crippen LogP contribution is 2.44. The second kappa shape index (κ2) is 9.35. The van der Waals surface area contributed by atoms with E-state index < -0.39 is 17.7 Å². The molecule has 4 rings (SSSR count). The van der Waals surface area contributed by atoms with Crippen LogP contribution in [-0.2, 0) is 9.59 Å². The number of hydrogen-bond donors (Lipinski definition) is 1. The Labute approximate surface area is 203 Å². The number of methoxy groups -OCH3 is 1. The molecule has 1 aliphatic heterocycles. The van der Waals surface area contributed by atoms with Crippen molar-refractivity contribution in [2.24, 2.45) is 0 Å². The molecule has 1 N–H and O–H groups in total. The number of nitrogens with zero attached hydrogens (tertiary/aromatic N) is 2. The van der Waals surface area contributed by atoms with Crippen LogP contribution in [0, 0.1) is 0 Å². The highest BCUT2D eigenvalue weighted by molar-refractivity contribution is 7.10. The molecule has 1 aliphatic rings. The number of ether oxygens (including phenoxy) is 1. The summed E-state index contributed by atoms with van der Waals surface area (Å²) in [5.41, 5.74) is 3.05. The number of thiophene rings is 1. The van der Waals surface area contributed by atoms with E-state index in [1.807, 2.05) is 80.7 Å². The molecular weight excluding hydrogens is 448 g/mol. The van der Waals surface area contributed by atoms with Crippen molar-refractivity contribution in [3.05, 3.63) is 81.6 Å². The van der Waals surface area contributed by atoms with Crippen molar-refractivity contribution in [2.45, 2.75) is 25.8 Å². The third kappa shape index (κ3) is 4.07. The summed E-state index contributed by atoms with van der Waals surface area (Å²) in [5.74, 6) is -0.686. The topological polar surface area (TPSA) is 70.1 Å². The fraction of sp³-hybridized carbons (Fsp3) is 0.259. The van der Waals surface area contributed by atoms with Gasteiger partial charge >= 0.3 is 0 Å². The minimum atomic E-state index is -0.713. The summed E-state index contributed by atoms with van der Waals surface area (Å²) in [4.78, 5) is 30.8. The normalized spacial score (nSPS) is 17.5. The van der Waals surface area contributed by atoms with Crippen molar-refractivity contribution >= 4 is 40.2 Å². The van der Waals surface area contributed by atoms with Crippen molar-refractivity contribution in [3.63, 3.8) is 0 Å². The minimum absolute atomic E-state index is 0.0870. The molecule has 1 fully saturated rings. The van der Waals surface area contributed by atoms with Crippen molar-refractivity contribution < 1.29 is 19.4 Å². The predicted molar refractivity (Wildman–Crippen MR) is 137 cm³/mol. The Hall–Kier alpha value is -3.58. The van der Waals surface area contributed by atoms with Gasteiger partial charge < -0.3 is 14.7 Å². The minimum Gasteiger partial charge on any atom is -0.507 e. The molecule has 176 valence electrons. The second-order valence-corrected chi connectivity index (χ2v) is 9.69. The van der Waals surface area contributed by atoms with Crippen molar-refractivity contribution in [2.75, 3.05) is 31.0 Å². The quantitative estimate of drug-likeness (QED) is 0.286. The Morgan fingerprint density at radius 1 is 1.09 bits per heavy atom. The lowest BCUT2D eigenvalue weighted by Crippen LogP contribution is -2.29. The van der Waals surface area contributed by atoms with Crippen LogP contribution in [0.2, 0.25) is 0 Å². The molecule has 1 amide bonds. The van der Waals surface area contributed by atoms with Gasteiger partial charge in [0.25, 0.3) is 11.7 Å². The molecular formula is C27H28N2O4S. The molecule has 1 atom stereocenters. The number of rotatable bonds is 6. The number of aliphatic hydroxyl groups is 1. The third-order valence-corrected chi connectivity index (χ3v) is 6.95. The van der Waals surface area contributed by atoms with Gasteiger partial charge in [0, 0.05) is 35.9 Å². The second-order valence-electron chi connectivity index (χ2n) is 8.71. The molecule has 0 spiro atoms. The third-order valence-electron chi connectivity index (χ3n) is 6.03. The van der Waals surface area contributed by atoms with Gasteiger partial charge in [0.1, 0.15) is 17.6 Å². The molecule has 2 aromatic carbocycles. The van der Waals surface area contributed by atoms with Crippen LogP contribution in [0.4, 0.5) is 11.4 Å². The fourth-order valence-corrected chi connectivity index (χ4v) is 5.04. The Balaban J connectivity index is 1.88. The fourth-order valence-electron chi connectivity index (χ4n) is 4.21. The maximum atomic E-state index is 13.3. The monoisotopic (exact) mass is 476 g/mol. The molecule has 1 unspecified atom stereocenters. The molecule has 6 nitrogen and oxygen atoms in total. The predicted octanol–water partition coefficient (Wildman–Crippen LogP) is 5.57. The molecule has 0 bridgehead atoms. The number of hydrogen-bond acceptors (Lipinski definition) is 6. The van der Waals surface area contributed by atoms with Crippen LogP contribution in [0.1, 0.15) is 41.8 Å². The number of ketones is 1. The van der Waals surface area contributed by atoms with Gasteiger partial charge in [-0.3, -0.25) is 14.5 Å². The van der Waals surface area contributed by atoms with Gasteiger partial charge in [-0.15, -0.1) is 11.3 Å². The van der Waals surface area contributed by atoms with E-state index in [4.69, 9.17) is 4.74 Å². The van der Waals surface area contributed by atoms with E-state index in [0.717, 1.165) is 16.1 Å². The number of Topliss-reactive ketones (excluding diaryl/α,β-unsaturated/α-hetero) is 1. The van der Waals surface area contributed by atoms with Gasteiger partial charge in [-0.25, -0.2) is 0 Å². The lowest BCUT2D eigenvalue weighted by atomic mass is 9.95. The summed E-state index contributed by atoms with van der Waals surface area (Å²) < 4.78 is 5.46. The van der Waals surface area contributed by atoms with Crippen LogP contribution in [0.3, 0.4) is 0 Å². The van der Waals surface area contributed by atoms with Crippen molar-refractivity contribution in [1.82, 2.24) is 0 Å². The van der Waals surface area contributed by atoms with Crippen LogP contribution in [0.25, 0.3) is 5.76 Å². The van der Waals surface area contributed by atoms with E-state index in [2.05, 4.69) is 0 Å². The summed E-state index contributed by atoms with van der Waals surface area (Å²) in [6.45, 7) is 4.06. The average molecular weight is 477 g/mol. The molecule has 2 heterocycles. The summed E-state index contributed by atoms with van der Waals surface area (Å²) in [6, 6.07) is 15.8. The first-order valence-corrected chi connectivity index (χ1v) is 11.9. The van der Waals surface area contributed by atoms with Crippen LogP contribution < -0.4 is 14.5 Å². The van der Waals surface area contributed by atoms with E-state index in [9.17, 15) is 14.7 Å². The molecule has 1 aromatic heterocycles. The zero-order valence-corrected chi connectivity index (χ0v) is 20.7. The molecule has 0 saturated carbocycles. The number of carbonyl (C=O) groups excluding carboxylic acids is 2. The summed E-state index contributed by atoms with van der Waals surface area (Å²) in [5, 5.41) is 13.3. The molecule has 1 saturated heterocycles. The smallest absolute Gasteiger partial charge is 0.300 e. The average Bonchev–Trinajstić information content (AvgIpc) is 3.45. The van der Waals surface area contributed by atoms with E-state index in [0.29, 0.717) is 17.0 Å². The van der Waals surface area contributed by atoms with Crippen LogP contribution in [-0.4, -0.2) is 38.0 Å². The molecule has 0 aliphatic carbocycles. The Morgan fingerprint density at radius 2 is 1.79 bits per heavy atom. The Kier molecular flexibility index (Phi) is 6.48. The summed E-state index contributed by atoms with van der Waals surface area (Å²) >= 11 is 1.44. The number of carbonyl (C=O) groups is 2. The van der Waals surface area contributed by atoms with E-state index in [1.54, 1.807) is 19.2 Å². The maximum absolute atomic E-state index is 13.3. The van der Waals surface area contributed by atoms with Crippen molar-refractivity contribution in [1.29, 1.82) is 0 Å². The lowest BCUT2D eigenvalue weighted by Gasteiger charge is -2.25. The summed E-state index contributed by atoms with van der Waals surface area (Å²) in [6.07, 6.45) is 0. The number of aliphatic hydroxyl groups excluding tert-OH is 1. The van der Waals surface area contributed by atoms with Crippen molar-refractivity contribution in [3.8, 4) is 5.75 Å².